The van der Waals surface area contributed by atoms with Crippen LogP contribution in [0.25, 0.3) is 0 Å². The van der Waals surface area contributed by atoms with Crippen molar-refractivity contribution in [3.63, 3.8) is 0 Å². The molecular formula is C13H16N4O5. The van der Waals surface area contributed by atoms with E-state index in [0.717, 1.165) is 0 Å². The Morgan fingerprint density at radius 2 is 1.77 bits per heavy atom. The lowest BCUT2D eigenvalue weighted by Crippen LogP contribution is -2.51. The van der Waals surface area contributed by atoms with Crippen LogP contribution in [0.4, 0.5) is 5.82 Å². The van der Waals surface area contributed by atoms with E-state index in [1.807, 2.05) is 0 Å². The molecule has 22 heavy (non-hydrogen) atoms. The van der Waals surface area contributed by atoms with Crippen molar-refractivity contribution < 1.29 is 24.3 Å². The number of carbonyl (C=O) groups excluding carboxylic acids is 3. The molecule has 0 atom stereocenters. The van der Waals surface area contributed by atoms with Crippen molar-refractivity contribution >= 4 is 29.4 Å². The molecule has 0 radical (unpaired) electrons. The van der Waals surface area contributed by atoms with E-state index < -0.39 is 17.8 Å². The topological polar surface area (TPSA) is 134 Å². The number of aromatic nitrogens is 1. The Morgan fingerprint density at radius 3 is 2.23 bits per heavy atom. The number of pyridine rings is 1. The normalized spacial score (nSPS) is 13.5. The fraction of sp³-hybridized carbons (Fsp3) is 0.308. The van der Waals surface area contributed by atoms with Gasteiger partial charge in [0.2, 0.25) is 11.8 Å². The monoisotopic (exact) mass is 308 g/mol. The molecule has 0 bridgehead atoms. The molecule has 0 unspecified atom stereocenters. The van der Waals surface area contributed by atoms with Crippen LogP contribution in [-0.2, 0) is 14.4 Å². The third-order valence-corrected chi connectivity index (χ3v) is 2.47. The number of nitrogens with zero attached hydrogens (tertiary/aromatic N) is 3. The van der Waals surface area contributed by atoms with Gasteiger partial charge in [0.1, 0.15) is 11.3 Å². The van der Waals surface area contributed by atoms with Gasteiger partial charge in [-0.3, -0.25) is 9.59 Å². The maximum absolute atomic E-state index is 11.5. The number of hydrogen-bond donors (Lipinski definition) is 2. The van der Waals surface area contributed by atoms with Crippen LogP contribution in [-0.4, -0.2) is 38.7 Å². The highest BCUT2D eigenvalue weighted by atomic mass is 16.4. The number of ketones is 1. The molecule has 3 N–H and O–H groups in total. The number of carboxylic acid groups (broad SMARTS) is 1. The van der Waals surface area contributed by atoms with Crippen molar-refractivity contribution in [3.8, 4) is 0 Å². The molecule has 118 valence electrons. The summed E-state index contributed by atoms with van der Waals surface area (Å²) in [4.78, 5) is 47.2. The van der Waals surface area contributed by atoms with Gasteiger partial charge in [-0.15, -0.1) is 0 Å². The lowest BCUT2D eigenvalue weighted by atomic mass is 10.2. The van der Waals surface area contributed by atoms with E-state index in [1.54, 1.807) is 0 Å². The first-order valence-corrected chi connectivity index (χ1v) is 6.31. The van der Waals surface area contributed by atoms with Crippen molar-refractivity contribution in [1.82, 2.24) is 9.99 Å². The van der Waals surface area contributed by atoms with E-state index >= 15 is 0 Å². The van der Waals surface area contributed by atoms with Gasteiger partial charge in [0, 0.05) is 19.0 Å². The number of hydrazine groups is 2. The molecule has 1 aromatic heterocycles. The van der Waals surface area contributed by atoms with E-state index in [-0.39, 0.29) is 30.0 Å². The number of amides is 2. The van der Waals surface area contributed by atoms with Crippen LogP contribution >= 0.6 is 0 Å². The number of Topliss-reactive ketones (excluding diaryl/α,β-unsaturated/α-hetero) is 1. The van der Waals surface area contributed by atoms with Gasteiger partial charge in [-0.2, -0.15) is 10.1 Å². The third kappa shape index (κ3) is 4.09. The van der Waals surface area contributed by atoms with E-state index in [2.05, 4.69) is 4.98 Å². The van der Waals surface area contributed by atoms with Crippen LogP contribution in [0.5, 0.6) is 0 Å². The molecule has 1 fully saturated rings. The minimum absolute atomic E-state index is 0.0573. The molecule has 1 aliphatic heterocycles. The van der Waals surface area contributed by atoms with Gasteiger partial charge in [0.25, 0.3) is 0 Å². The summed E-state index contributed by atoms with van der Waals surface area (Å²) in [5.74, 6) is 3.41. The molecule has 2 heterocycles. The Bertz CT molecular complexity index is 596. The Hall–Kier alpha value is -2.81. The van der Waals surface area contributed by atoms with Gasteiger partial charge >= 0.3 is 5.97 Å². The van der Waals surface area contributed by atoms with Crippen LogP contribution in [0.3, 0.4) is 0 Å². The number of aromatic carboxylic acids is 1. The maximum Gasteiger partial charge on any atom is 0.339 e. The average Bonchev–Trinajstić information content (AvgIpc) is 2.77. The Morgan fingerprint density at radius 1 is 1.27 bits per heavy atom. The first-order valence-electron chi connectivity index (χ1n) is 6.31. The van der Waals surface area contributed by atoms with Gasteiger partial charge < -0.3 is 9.90 Å². The van der Waals surface area contributed by atoms with E-state index in [0.29, 0.717) is 10.1 Å². The first-order chi connectivity index (χ1) is 10.3. The molecule has 0 aromatic carbocycles. The summed E-state index contributed by atoms with van der Waals surface area (Å²) >= 11 is 0. The highest BCUT2D eigenvalue weighted by Gasteiger charge is 2.35. The smallest absolute Gasteiger partial charge is 0.339 e. The summed E-state index contributed by atoms with van der Waals surface area (Å²) in [6, 6.07) is 2.71. The van der Waals surface area contributed by atoms with Crippen molar-refractivity contribution in [3.05, 3.63) is 23.9 Å². The van der Waals surface area contributed by atoms with E-state index in [1.165, 1.54) is 32.2 Å². The Kier molecular flexibility index (Phi) is 5.70. The number of carboxylic acids is 1. The van der Waals surface area contributed by atoms with Gasteiger partial charge in [0.05, 0.1) is 0 Å². The number of hydrogen-bond acceptors (Lipinski definition) is 7. The minimum atomic E-state index is -1.24. The predicted molar refractivity (Wildman–Crippen MR) is 75.3 cm³/mol. The third-order valence-electron chi connectivity index (χ3n) is 2.47. The second kappa shape index (κ2) is 7.27. The van der Waals surface area contributed by atoms with Crippen LogP contribution < -0.4 is 11.0 Å². The summed E-state index contributed by atoms with van der Waals surface area (Å²) in [5.41, 5.74) is -0.187. The molecule has 0 spiro atoms. The zero-order valence-electron chi connectivity index (χ0n) is 12.1. The predicted octanol–water partition coefficient (Wildman–Crippen LogP) is 0.119. The van der Waals surface area contributed by atoms with E-state index in [4.69, 9.17) is 10.9 Å². The second-order valence-electron chi connectivity index (χ2n) is 4.53. The molecule has 1 saturated heterocycles. The highest BCUT2D eigenvalue weighted by molar-refractivity contribution is 6.04. The maximum atomic E-state index is 11.5. The number of carbonyl (C=O) groups is 4. The summed E-state index contributed by atoms with van der Waals surface area (Å²) in [6.07, 6.45) is 1.44. The largest absolute Gasteiger partial charge is 0.478 e. The molecule has 0 saturated carbocycles. The second-order valence-corrected chi connectivity index (χ2v) is 4.53. The summed E-state index contributed by atoms with van der Waals surface area (Å²) in [6.45, 7) is 3.06. The fourth-order valence-electron chi connectivity index (χ4n) is 1.65. The van der Waals surface area contributed by atoms with Gasteiger partial charge in [0.15, 0.2) is 5.82 Å². The average molecular weight is 308 g/mol. The minimum Gasteiger partial charge on any atom is -0.478 e. The van der Waals surface area contributed by atoms with E-state index in [9.17, 15) is 19.2 Å². The number of anilines is 1. The lowest BCUT2D eigenvalue weighted by molar-refractivity contribution is -0.139. The number of imide groups is 1. The van der Waals surface area contributed by atoms with Crippen molar-refractivity contribution in [2.75, 3.05) is 5.12 Å². The Balaban J connectivity index is 0.000000541. The lowest BCUT2D eigenvalue weighted by Gasteiger charge is -2.26. The SMILES string of the molecule is CC(C)=O.NN(c1ncccc1C(=O)O)N1C(=O)CCC1=O. The van der Waals surface area contributed by atoms with Gasteiger partial charge in [-0.05, 0) is 26.0 Å². The van der Waals surface area contributed by atoms with Crippen LogP contribution in [0.1, 0.15) is 37.0 Å². The molecular weight excluding hydrogens is 292 g/mol. The number of rotatable bonds is 3. The van der Waals surface area contributed by atoms with Gasteiger partial charge in [-0.1, -0.05) is 0 Å². The molecule has 9 heteroatoms. The van der Waals surface area contributed by atoms with Crippen molar-refractivity contribution in [2.24, 2.45) is 5.84 Å². The molecule has 1 aromatic rings. The molecule has 2 amide bonds. The summed E-state index contributed by atoms with van der Waals surface area (Å²) in [5, 5.41) is 10.4. The Labute approximate surface area is 126 Å². The van der Waals surface area contributed by atoms with Gasteiger partial charge in [-0.25, -0.2) is 15.6 Å². The highest BCUT2D eigenvalue weighted by Crippen LogP contribution is 2.20. The molecule has 2 rings (SSSR count). The summed E-state index contributed by atoms with van der Waals surface area (Å²) < 4.78 is 0. The standard InChI is InChI=1S/C10H10N4O4.C3H6O/c11-14(13-7(15)3-4-8(13)16)9-6(10(17)18)2-1-5-12-9;1-3(2)4/h1-2,5H,3-4,11H2,(H,17,18);1-2H3. The van der Waals surface area contributed by atoms with Crippen molar-refractivity contribution in [2.45, 2.75) is 26.7 Å². The zero-order chi connectivity index (χ0) is 16.9. The van der Waals surface area contributed by atoms with Crippen LogP contribution in [0.15, 0.2) is 18.3 Å². The molecule has 0 aliphatic carbocycles. The summed E-state index contributed by atoms with van der Waals surface area (Å²) in [7, 11) is 0. The quantitative estimate of drug-likeness (QED) is 0.457. The number of nitrogens with two attached hydrogens (primary N) is 1. The van der Waals surface area contributed by atoms with Crippen LogP contribution in [0, 0.1) is 0 Å². The van der Waals surface area contributed by atoms with Crippen LogP contribution in [0.2, 0.25) is 0 Å². The fourth-order valence-corrected chi connectivity index (χ4v) is 1.65. The molecule has 1 aliphatic rings. The zero-order valence-corrected chi connectivity index (χ0v) is 12.1. The van der Waals surface area contributed by atoms with Crippen molar-refractivity contribution in [1.29, 1.82) is 0 Å². The molecule has 9 nitrogen and oxygen atoms in total. The first kappa shape index (κ1) is 17.2.